The molecule has 0 saturated carbocycles. The summed E-state index contributed by atoms with van der Waals surface area (Å²) < 4.78 is 10.9. The molecule has 5 heteroatoms. The van der Waals surface area contributed by atoms with Gasteiger partial charge < -0.3 is 14.8 Å². The van der Waals surface area contributed by atoms with Gasteiger partial charge in [-0.2, -0.15) is 0 Å². The van der Waals surface area contributed by atoms with Gasteiger partial charge in [-0.25, -0.2) is 0 Å². The lowest BCUT2D eigenvalue weighted by Gasteiger charge is -2.18. The number of carbonyl (C=O) groups is 1. The maximum atomic E-state index is 12.6. The first-order chi connectivity index (χ1) is 14.2. The number of ether oxygens (including phenoxy) is 2. The Labute approximate surface area is 171 Å². The largest absolute Gasteiger partial charge is 0.493 e. The Morgan fingerprint density at radius 2 is 1.86 bits per heavy atom. The molecule has 3 rings (SSSR count). The second-order valence-electron chi connectivity index (χ2n) is 6.28. The summed E-state index contributed by atoms with van der Waals surface area (Å²) in [7, 11) is 1.60. The van der Waals surface area contributed by atoms with E-state index >= 15 is 0 Å². The molecule has 1 aromatic heterocycles. The summed E-state index contributed by atoms with van der Waals surface area (Å²) in [4.78, 5) is 17.0. The maximum absolute atomic E-state index is 12.6. The molecular formula is C24H24N2O3. The van der Waals surface area contributed by atoms with Crippen LogP contribution in [0.1, 0.15) is 29.8 Å². The molecule has 0 aliphatic heterocycles. The van der Waals surface area contributed by atoms with Crippen molar-refractivity contribution in [2.75, 3.05) is 13.7 Å². The van der Waals surface area contributed by atoms with Gasteiger partial charge in [-0.05, 0) is 48.4 Å². The zero-order valence-corrected chi connectivity index (χ0v) is 16.5. The summed E-state index contributed by atoms with van der Waals surface area (Å²) in [5.41, 5.74) is 2.60. The number of nitrogens with zero attached hydrogens (tertiary/aromatic N) is 1. The van der Waals surface area contributed by atoms with E-state index in [1.54, 1.807) is 19.4 Å². The topological polar surface area (TPSA) is 60.5 Å². The Balaban J connectivity index is 1.78. The van der Waals surface area contributed by atoms with E-state index in [1.165, 1.54) is 6.08 Å². The Hall–Kier alpha value is -3.60. The van der Waals surface area contributed by atoms with E-state index < -0.39 is 0 Å². The van der Waals surface area contributed by atoms with Crippen molar-refractivity contribution in [3.63, 3.8) is 0 Å². The Morgan fingerprint density at radius 3 is 2.55 bits per heavy atom. The van der Waals surface area contributed by atoms with Crippen molar-refractivity contribution in [3.05, 3.63) is 95.8 Å². The number of pyridine rings is 1. The van der Waals surface area contributed by atoms with Crippen LogP contribution in [0.15, 0.2) is 79.0 Å². The number of methoxy groups -OCH3 is 1. The molecule has 0 spiro atoms. The summed E-state index contributed by atoms with van der Waals surface area (Å²) in [5.74, 6) is 1.10. The van der Waals surface area contributed by atoms with Crippen molar-refractivity contribution in [2.24, 2.45) is 0 Å². The highest BCUT2D eigenvalue weighted by molar-refractivity contribution is 5.92. The van der Waals surface area contributed by atoms with Gasteiger partial charge in [-0.1, -0.05) is 42.5 Å². The fraction of sp³-hybridized carbons (Fsp3) is 0.167. The summed E-state index contributed by atoms with van der Waals surface area (Å²) >= 11 is 0. The number of amides is 1. The minimum atomic E-state index is -0.329. The van der Waals surface area contributed by atoms with Crippen LogP contribution in [0.5, 0.6) is 11.5 Å². The molecule has 0 aliphatic carbocycles. The SMILES string of the molecule is CCOc1cc(/C=C/C(=O)NC(c2ccccc2)c2ccccn2)ccc1OC. The molecule has 1 N–H and O–H groups in total. The molecule has 1 heterocycles. The number of benzene rings is 2. The lowest BCUT2D eigenvalue weighted by atomic mass is 10.0. The summed E-state index contributed by atoms with van der Waals surface area (Å²) in [5, 5.41) is 3.04. The van der Waals surface area contributed by atoms with Crippen LogP contribution in [0.3, 0.4) is 0 Å². The van der Waals surface area contributed by atoms with Crippen LogP contribution in [0.2, 0.25) is 0 Å². The van der Waals surface area contributed by atoms with Crippen molar-refractivity contribution in [1.82, 2.24) is 10.3 Å². The highest BCUT2D eigenvalue weighted by Crippen LogP contribution is 2.28. The van der Waals surface area contributed by atoms with Crippen LogP contribution in [0.25, 0.3) is 6.08 Å². The Bertz CT molecular complexity index is 917. The van der Waals surface area contributed by atoms with Gasteiger partial charge in [0, 0.05) is 12.3 Å². The predicted octanol–water partition coefficient (Wildman–Crippen LogP) is 4.41. The lowest BCUT2D eigenvalue weighted by Crippen LogP contribution is -2.28. The van der Waals surface area contributed by atoms with Crippen LogP contribution in [-0.4, -0.2) is 24.6 Å². The second kappa shape index (κ2) is 10.1. The number of hydrogen-bond donors (Lipinski definition) is 1. The molecule has 0 radical (unpaired) electrons. The minimum absolute atomic E-state index is 0.210. The Kier molecular flexibility index (Phi) is 7.00. The third-order valence-corrected chi connectivity index (χ3v) is 4.32. The van der Waals surface area contributed by atoms with Gasteiger partial charge in [0.15, 0.2) is 11.5 Å². The average Bonchev–Trinajstić information content (AvgIpc) is 2.77. The first-order valence-corrected chi connectivity index (χ1v) is 9.46. The van der Waals surface area contributed by atoms with Gasteiger partial charge in [0.2, 0.25) is 5.91 Å². The molecule has 0 saturated heterocycles. The van der Waals surface area contributed by atoms with Gasteiger partial charge in [0.25, 0.3) is 0 Å². The van der Waals surface area contributed by atoms with Crippen molar-refractivity contribution in [1.29, 1.82) is 0 Å². The van der Waals surface area contributed by atoms with Crippen LogP contribution in [0.4, 0.5) is 0 Å². The number of rotatable bonds is 8. The van der Waals surface area contributed by atoms with E-state index in [0.717, 1.165) is 16.8 Å². The molecule has 148 valence electrons. The van der Waals surface area contributed by atoms with Crippen LogP contribution >= 0.6 is 0 Å². The molecule has 0 bridgehead atoms. The fourth-order valence-electron chi connectivity index (χ4n) is 2.95. The lowest BCUT2D eigenvalue weighted by molar-refractivity contribution is -0.116. The minimum Gasteiger partial charge on any atom is -0.493 e. The second-order valence-corrected chi connectivity index (χ2v) is 6.28. The van der Waals surface area contributed by atoms with E-state index in [2.05, 4.69) is 10.3 Å². The molecule has 5 nitrogen and oxygen atoms in total. The summed E-state index contributed by atoms with van der Waals surface area (Å²) in [6.07, 6.45) is 4.98. The molecular weight excluding hydrogens is 364 g/mol. The number of hydrogen-bond acceptors (Lipinski definition) is 4. The molecule has 2 aromatic carbocycles. The average molecular weight is 388 g/mol. The third-order valence-electron chi connectivity index (χ3n) is 4.32. The molecule has 0 aliphatic rings. The van der Waals surface area contributed by atoms with Crippen LogP contribution in [0, 0.1) is 0 Å². The molecule has 1 unspecified atom stereocenters. The normalized spacial score (nSPS) is 11.8. The van der Waals surface area contributed by atoms with Crippen molar-refractivity contribution in [2.45, 2.75) is 13.0 Å². The zero-order chi connectivity index (χ0) is 20.5. The van der Waals surface area contributed by atoms with Crippen molar-refractivity contribution < 1.29 is 14.3 Å². The molecule has 1 atom stereocenters. The first kappa shape index (κ1) is 20.1. The number of nitrogens with one attached hydrogen (secondary N) is 1. The summed E-state index contributed by atoms with van der Waals surface area (Å²) in [6, 6.07) is 20.7. The van der Waals surface area contributed by atoms with Crippen LogP contribution in [-0.2, 0) is 4.79 Å². The van der Waals surface area contributed by atoms with Gasteiger partial charge >= 0.3 is 0 Å². The Morgan fingerprint density at radius 1 is 1.07 bits per heavy atom. The van der Waals surface area contributed by atoms with Crippen molar-refractivity contribution in [3.8, 4) is 11.5 Å². The van der Waals surface area contributed by atoms with E-state index in [0.29, 0.717) is 18.1 Å². The van der Waals surface area contributed by atoms with Gasteiger partial charge in [0.05, 0.1) is 25.5 Å². The quantitative estimate of drug-likeness (QED) is 0.581. The molecule has 1 amide bonds. The van der Waals surface area contributed by atoms with Crippen molar-refractivity contribution >= 4 is 12.0 Å². The van der Waals surface area contributed by atoms with E-state index in [-0.39, 0.29) is 11.9 Å². The maximum Gasteiger partial charge on any atom is 0.244 e. The standard InChI is InChI=1S/C24H24N2O3/c1-3-29-22-17-18(12-14-21(22)28-2)13-15-23(27)26-24(19-9-5-4-6-10-19)20-11-7-8-16-25-20/h4-17,24H,3H2,1-2H3,(H,26,27)/b15-13+. The first-order valence-electron chi connectivity index (χ1n) is 9.46. The van der Waals surface area contributed by atoms with Crippen LogP contribution < -0.4 is 14.8 Å². The van der Waals surface area contributed by atoms with E-state index in [1.807, 2.05) is 73.7 Å². The van der Waals surface area contributed by atoms with Gasteiger partial charge in [-0.15, -0.1) is 0 Å². The van der Waals surface area contributed by atoms with Gasteiger partial charge in [0.1, 0.15) is 0 Å². The third kappa shape index (κ3) is 5.45. The van der Waals surface area contributed by atoms with Gasteiger partial charge in [-0.3, -0.25) is 9.78 Å². The van der Waals surface area contributed by atoms with E-state index in [4.69, 9.17) is 9.47 Å². The smallest absolute Gasteiger partial charge is 0.244 e. The molecule has 29 heavy (non-hydrogen) atoms. The zero-order valence-electron chi connectivity index (χ0n) is 16.5. The predicted molar refractivity (Wildman–Crippen MR) is 114 cm³/mol. The van der Waals surface area contributed by atoms with E-state index in [9.17, 15) is 4.79 Å². The molecule has 3 aromatic rings. The highest BCUT2D eigenvalue weighted by Gasteiger charge is 2.16. The number of carbonyl (C=O) groups excluding carboxylic acids is 1. The number of aromatic nitrogens is 1. The summed E-state index contributed by atoms with van der Waals surface area (Å²) in [6.45, 7) is 2.45. The monoisotopic (exact) mass is 388 g/mol. The fourth-order valence-corrected chi connectivity index (χ4v) is 2.95. The molecule has 0 fully saturated rings. The highest BCUT2D eigenvalue weighted by atomic mass is 16.5.